The Morgan fingerprint density at radius 3 is 2.50 bits per heavy atom. The molecule has 1 aromatic heterocycles. The summed E-state index contributed by atoms with van der Waals surface area (Å²) in [6.07, 6.45) is -3.30. The van der Waals surface area contributed by atoms with Gasteiger partial charge in [0.25, 0.3) is 0 Å². The molecule has 0 radical (unpaired) electrons. The Morgan fingerprint density at radius 1 is 1.12 bits per heavy atom. The van der Waals surface area contributed by atoms with Crippen molar-refractivity contribution in [1.29, 1.82) is 0 Å². The van der Waals surface area contributed by atoms with E-state index in [0.29, 0.717) is 28.0 Å². The highest BCUT2D eigenvalue weighted by Gasteiger charge is 2.29. The number of methoxy groups -OCH3 is 1. The molecule has 32 heavy (non-hydrogen) atoms. The van der Waals surface area contributed by atoms with Crippen LogP contribution in [-0.2, 0) is 16.4 Å². The van der Waals surface area contributed by atoms with Crippen LogP contribution >= 0.6 is 0 Å². The van der Waals surface area contributed by atoms with E-state index in [4.69, 9.17) is 4.74 Å². The van der Waals surface area contributed by atoms with Crippen LogP contribution in [0.4, 0.5) is 24.5 Å². The normalized spacial score (nSPS) is 11.7. The number of aromatic nitrogens is 1. The van der Waals surface area contributed by atoms with Gasteiger partial charge in [0.15, 0.2) is 9.84 Å². The lowest BCUT2D eigenvalue weighted by Crippen LogP contribution is -2.18. The Labute approximate surface area is 184 Å². The molecule has 6 nitrogen and oxygen atoms in total. The molecule has 0 amide bonds. The summed E-state index contributed by atoms with van der Waals surface area (Å²) in [5, 5.41) is 6.63. The summed E-state index contributed by atoms with van der Waals surface area (Å²) in [5.74, 6) is 5.95. The maximum absolute atomic E-state index is 13.2. The molecular weight excluding hydrogens is 443 g/mol. The number of benzene rings is 2. The third-order valence-corrected chi connectivity index (χ3v) is 5.85. The number of sulfone groups is 1. The Balaban J connectivity index is 1.89. The van der Waals surface area contributed by atoms with Crippen LogP contribution in [0.5, 0.6) is 5.75 Å². The summed E-state index contributed by atoms with van der Waals surface area (Å²) in [6.45, 7) is -1.04. The molecule has 2 N–H and O–H groups in total. The molecule has 0 saturated carbocycles. The van der Waals surface area contributed by atoms with Crippen LogP contribution in [0.3, 0.4) is 0 Å². The predicted octanol–water partition coefficient (Wildman–Crippen LogP) is 4.12. The lowest BCUT2D eigenvalue weighted by molar-refractivity contribution is -0.140. The molecule has 3 aromatic rings. The molecule has 0 aliphatic rings. The first-order valence-electron chi connectivity index (χ1n) is 9.51. The average Bonchev–Trinajstić information content (AvgIpc) is 3.06. The standard InChI is InChI=1S/C22H22F3N3O3S/c1-26-18-7-4-8-20-17(18)12-15(28(20)14-22(23,24)25)6-5-11-27-19-10-9-16(32(3,29)30)13-21(19)31-2/h4,7-10,12-13,26-27H,11,14H2,1-3H3. The van der Waals surface area contributed by atoms with E-state index in [1.807, 2.05) is 0 Å². The molecule has 10 heteroatoms. The Hall–Kier alpha value is -3.32. The summed E-state index contributed by atoms with van der Waals surface area (Å²) in [7, 11) is -0.275. The van der Waals surface area contributed by atoms with Gasteiger partial charge in [0, 0.05) is 30.4 Å². The fourth-order valence-corrected chi connectivity index (χ4v) is 3.91. The number of halogens is 3. The monoisotopic (exact) mass is 465 g/mol. The van der Waals surface area contributed by atoms with Gasteiger partial charge in [-0.3, -0.25) is 0 Å². The summed E-state index contributed by atoms with van der Waals surface area (Å²) >= 11 is 0. The number of rotatable bonds is 6. The van der Waals surface area contributed by atoms with Gasteiger partial charge in [-0.15, -0.1) is 0 Å². The molecule has 0 atom stereocenters. The largest absolute Gasteiger partial charge is 0.495 e. The van der Waals surface area contributed by atoms with Crippen LogP contribution < -0.4 is 15.4 Å². The molecule has 0 bridgehead atoms. The zero-order chi connectivity index (χ0) is 23.5. The summed E-state index contributed by atoms with van der Waals surface area (Å²) < 4.78 is 69.3. The second-order valence-corrected chi connectivity index (χ2v) is 9.02. The van der Waals surface area contributed by atoms with E-state index in [9.17, 15) is 21.6 Å². The number of fused-ring (bicyclic) bond motifs is 1. The van der Waals surface area contributed by atoms with Crippen LogP contribution in [0.1, 0.15) is 5.69 Å². The van der Waals surface area contributed by atoms with Crippen molar-refractivity contribution in [3.8, 4) is 17.6 Å². The first kappa shape index (κ1) is 23.3. The summed E-state index contributed by atoms with van der Waals surface area (Å²) in [5.41, 5.74) is 1.90. The smallest absolute Gasteiger partial charge is 0.406 e. The third-order valence-electron chi connectivity index (χ3n) is 4.74. The second kappa shape index (κ2) is 9.04. The fraction of sp³-hybridized carbons (Fsp3) is 0.273. The lowest BCUT2D eigenvalue weighted by Gasteiger charge is -2.11. The number of hydrogen-bond donors (Lipinski definition) is 2. The lowest BCUT2D eigenvalue weighted by atomic mass is 10.2. The highest BCUT2D eigenvalue weighted by molar-refractivity contribution is 7.90. The predicted molar refractivity (Wildman–Crippen MR) is 119 cm³/mol. The van der Waals surface area contributed by atoms with Crippen molar-refractivity contribution in [2.45, 2.75) is 17.6 Å². The highest BCUT2D eigenvalue weighted by atomic mass is 32.2. The number of nitrogens with one attached hydrogen (secondary N) is 2. The number of alkyl halides is 3. The van der Waals surface area contributed by atoms with Crippen LogP contribution in [0.2, 0.25) is 0 Å². The third kappa shape index (κ3) is 5.29. The van der Waals surface area contributed by atoms with E-state index in [-0.39, 0.29) is 17.1 Å². The first-order chi connectivity index (χ1) is 15.0. The molecule has 0 saturated heterocycles. The van der Waals surface area contributed by atoms with Crippen molar-refractivity contribution < 1.29 is 26.3 Å². The van der Waals surface area contributed by atoms with E-state index in [1.165, 1.54) is 19.2 Å². The molecule has 170 valence electrons. The minimum Gasteiger partial charge on any atom is -0.495 e. The number of anilines is 2. The molecule has 0 aliphatic heterocycles. The van der Waals surface area contributed by atoms with E-state index < -0.39 is 22.6 Å². The number of nitrogens with zero attached hydrogens (tertiary/aromatic N) is 1. The molecule has 0 aliphatic carbocycles. The first-order valence-corrected chi connectivity index (χ1v) is 11.4. The van der Waals surface area contributed by atoms with Gasteiger partial charge in [0.2, 0.25) is 0 Å². The van der Waals surface area contributed by atoms with Crippen LogP contribution in [-0.4, -0.2) is 46.1 Å². The topological polar surface area (TPSA) is 72.4 Å². The zero-order valence-corrected chi connectivity index (χ0v) is 18.5. The average molecular weight is 465 g/mol. The van der Waals surface area contributed by atoms with Gasteiger partial charge in [-0.2, -0.15) is 13.2 Å². The van der Waals surface area contributed by atoms with E-state index >= 15 is 0 Å². The van der Waals surface area contributed by atoms with Crippen molar-refractivity contribution >= 4 is 32.1 Å². The molecule has 0 spiro atoms. The van der Waals surface area contributed by atoms with E-state index in [0.717, 1.165) is 10.8 Å². The van der Waals surface area contributed by atoms with Gasteiger partial charge < -0.3 is 19.9 Å². The number of ether oxygens (including phenoxy) is 1. The van der Waals surface area contributed by atoms with Gasteiger partial charge in [-0.05, 0) is 36.3 Å². The highest BCUT2D eigenvalue weighted by Crippen LogP contribution is 2.30. The van der Waals surface area contributed by atoms with Crippen molar-refractivity contribution in [1.82, 2.24) is 4.57 Å². The van der Waals surface area contributed by atoms with E-state index in [1.54, 1.807) is 37.4 Å². The van der Waals surface area contributed by atoms with Crippen molar-refractivity contribution in [3.63, 3.8) is 0 Å². The molecule has 1 heterocycles. The van der Waals surface area contributed by atoms with E-state index in [2.05, 4.69) is 22.5 Å². The summed E-state index contributed by atoms with van der Waals surface area (Å²) in [6, 6.07) is 11.1. The van der Waals surface area contributed by atoms with Gasteiger partial charge in [0.05, 0.1) is 35.4 Å². The second-order valence-electron chi connectivity index (χ2n) is 7.01. The van der Waals surface area contributed by atoms with Gasteiger partial charge in [-0.25, -0.2) is 8.42 Å². The Bertz CT molecular complexity index is 1300. The summed E-state index contributed by atoms with van der Waals surface area (Å²) in [4.78, 5) is 0.114. The minimum absolute atomic E-state index is 0.112. The zero-order valence-electron chi connectivity index (χ0n) is 17.7. The van der Waals surface area contributed by atoms with Gasteiger partial charge in [0.1, 0.15) is 12.3 Å². The van der Waals surface area contributed by atoms with Gasteiger partial charge >= 0.3 is 6.18 Å². The quantitative estimate of drug-likeness (QED) is 0.536. The Kier molecular flexibility index (Phi) is 6.60. The number of hydrogen-bond acceptors (Lipinski definition) is 5. The van der Waals surface area contributed by atoms with Crippen molar-refractivity contribution in [3.05, 3.63) is 48.2 Å². The van der Waals surface area contributed by atoms with Crippen molar-refractivity contribution in [2.24, 2.45) is 0 Å². The molecule has 0 unspecified atom stereocenters. The van der Waals surface area contributed by atoms with Crippen LogP contribution in [0, 0.1) is 11.8 Å². The van der Waals surface area contributed by atoms with Crippen LogP contribution in [0.25, 0.3) is 10.9 Å². The van der Waals surface area contributed by atoms with Crippen molar-refractivity contribution in [2.75, 3.05) is 37.6 Å². The minimum atomic E-state index is -4.40. The Morgan fingerprint density at radius 2 is 1.88 bits per heavy atom. The molecular formula is C22H22F3N3O3S. The molecule has 0 fully saturated rings. The molecule has 2 aromatic carbocycles. The molecule has 3 rings (SSSR count). The maximum Gasteiger partial charge on any atom is 0.406 e. The SMILES string of the molecule is CNc1cccc2c1cc(C#CCNc1ccc(S(C)(=O)=O)cc1OC)n2CC(F)(F)F. The van der Waals surface area contributed by atoms with Gasteiger partial charge in [-0.1, -0.05) is 12.0 Å². The maximum atomic E-state index is 13.2. The fourth-order valence-electron chi connectivity index (χ4n) is 3.28. The van der Waals surface area contributed by atoms with Crippen LogP contribution in [0.15, 0.2) is 47.4 Å².